The third kappa shape index (κ3) is 2.17. The van der Waals surface area contributed by atoms with E-state index in [2.05, 4.69) is 31.9 Å². The summed E-state index contributed by atoms with van der Waals surface area (Å²) in [6.07, 6.45) is 0. The van der Waals surface area contributed by atoms with Crippen molar-refractivity contribution in [1.29, 1.82) is 0 Å². The molecule has 17 heavy (non-hydrogen) atoms. The summed E-state index contributed by atoms with van der Waals surface area (Å²) in [5, 5.41) is 10.9. The van der Waals surface area contributed by atoms with Crippen LogP contribution < -0.4 is 4.74 Å². The van der Waals surface area contributed by atoms with Crippen LogP contribution in [0.5, 0.6) is 5.75 Å². The van der Waals surface area contributed by atoms with E-state index in [-0.39, 0.29) is 5.56 Å². The van der Waals surface area contributed by atoms with E-state index in [4.69, 9.17) is 9.84 Å². The normalized spacial score (nSPS) is 10.5. The lowest BCUT2D eigenvalue weighted by Gasteiger charge is -2.10. The second-order valence-corrected chi connectivity index (χ2v) is 5.15. The number of hydrogen-bond acceptors (Lipinski definition) is 2. The number of halogens is 2. The Kier molecular flexibility index (Phi) is 3.40. The fourth-order valence-electron chi connectivity index (χ4n) is 1.67. The molecule has 1 N–H and O–H groups in total. The molecule has 0 fully saturated rings. The molecule has 0 amide bonds. The number of methoxy groups -OCH3 is 1. The maximum absolute atomic E-state index is 11.1. The quantitative estimate of drug-likeness (QED) is 0.879. The Labute approximate surface area is 115 Å². The zero-order valence-corrected chi connectivity index (χ0v) is 12.0. The summed E-state index contributed by atoms with van der Waals surface area (Å²) in [5.74, 6) is -0.670. The topological polar surface area (TPSA) is 46.5 Å². The fraction of sp³-hybridized carbons (Fsp3) is 0.0833. The van der Waals surface area contributed by atoms with Crippen molar-refractivity contribution < 1.29 is 14.6 Å². The number of carboxylic acids is 1. The number of hydrogen-bond donors (Lipinski definition) is 1. The third-order valence-corrected chi connectivity index (χ3v) is 3.71. The molecular weight excluding hydrogens is 352 g/mol. The van der Waals surface area contributed by atoms with E-state index in [1.165, 1.54) is 7.11 Å². The average Bonchev–Trinajstić information content (AvgIpc) is 2.28. The van der Waals surface area contributed by atoms with Gasteiger partial charge in [-0.05, 0) is 44.9 Å². The van der Waals surface area contributed by atoms with Crippen LogP contribution in [0.2, 0.25) is 0 Å². The predicted octanol–water partition coefficient (Wildman–Crippen LogP) is 4.07. The van der Waals surface area contributed by atoms with Crippen LogP contribution in [-0.2, 0) is 0 Å². The van der Waals surface area contributed by atoms with Gasteiger partial charge in [-0.2, -0.15) is 0 Å². The van der Waals surface area contributed by atoms with Gasteiger partial charge in [-0.1, -0.05) is 22.0 Å². The van der Waals surface area contributed by atoms with Crippen LogP contribution in [0.15, 0.2) is 33.2 Å². The van der Waals surface area contributed by atoms with E-state index >= 15 is 0 Å². The van der Waals surface area contributed by atoms with E-state index in [1.54, 1.807) is 6.07 Å². The van der Waals surface area contributed by atoms with Gasteiger partial charge in [-0.15, -0.1) is 0 Å². The van der Waals surface area contributed by atoms with Gasteiger partial charge in [-0.3, -0.25) is 0 Å². The highest BCUT2D eigenvalue weighted by atomic mass is 79.9. The second kappa shape index (κ2) is 4.66. The maximum atomic E-state index is 11.1. The summed E-state index contributed by atoms with van der Waals surface area (Å²) in [6.45, 7) is 0. The van der Waals surface area contributed by atoms with Gasteiger partial charge in [0, 0.05) is 4.47 Å². The highest BCUT2D eigenvalue weighted by Crippen LogP contribution is 2.37. The summed E-state index contributed by atoms with van der Waals surface area (Å²) in [7, 11) is 1.46. The van der Waals surface area contributed by atoms with Crippen LogP contribution in [-0.4, -0.2) is 18.2 Å². The second-order valence-electron chi connectivity index (χ2n) is 3.44. The van der Waals surface area contributed by atoms with Crippen LogP contribution in [0.3, 0.4) is 0 Å². The van der Waals surface area contributed by atoms with Crippen molar-refractivity contribution in [1.82, 2.24) is 0 Å². The standard InChI is InChI=1S/C12H8Br2O3/c1-17-11-9(12(15)16)5-6-4-7(13)2-3-8(6)10(11)14/h2-5H,1H3,(H,15,16). The molecule has 88 valence electrons. The lowest BCUT2D eigenvalue weighted by molar-refractivity contribution is 0.0693. The van der Waals surface area contributed by atoms with E-state index in [0.29, 0.717) is 10.2 Å². The molecule has 0 atom stereocenters. The molecule has 0 aliphatic heterocycles. The first-order valence-corrected chi connectivity index (χ1v) is 6.32. The number of aromatic carboxylic acids is 1. The molecule has 3 nitrogen and oxygen atoms in total. The molecule has 2 aromatic carbocycles. The molecule has 0 saturated heterocycles. The third-order valence-electron chi connectivity index (χ3n) is 2.43. The average molecular weight is 360 g/mol. The number of fused-ring (bicyclic) bond motifs is 1. The smallest absolute Gasteiger partial charge is 0.339 e. The molecule has 0 saturated carbocycles. The first kappa shape index (κ1) is 12.4. The molecule has 0 bridgehead atoms. The molecule has 2 aromatic rings. The Bertz CT molecular complexity index is 608. The summed E-state index contributed by atoms with van der Waals surface area (Å²) in [5.41, 5.74) is 0.143. The SMILES string of the molecule is COc1c(C(=O)O)cc2cc(Br)ccc2c1Br. The highest BCUT2D eigenvalue weighted by molar-refractivity contribution is 9.11. The molecule has 5 heteroatoms. The molecule has 0 aliphatic rings. The highest BCUT2D eigenvalue weighted by Gasteiger charge is 2.17. The van der Waals surface area contributed by atoms with Gasteiger partial charge >= 0.3 is 5.97 Å². The molecule has 0 unspecified atom stereocenters. The van der Waals surface area contributed by atoms with Crippen LogP contribution in [0.1, 0.15) is 10.4 Å². The molecular formula is C12H8Br2O3. The fourth-order valence-corrected chi connectivity index (χ4v) is 2.79. The van der Waals surface area contributed by atoms with Gasteiger partial charge in [0.15, 0.2) is 0 Å². The Morgan fingerprint density at radius 3 is 2.59 bits per heavy atom. The van der Waals surface area contributed by atoms with Crippen molar-refractivity contribution in [2.24, 2.45) is 0 Å². The van der Waals surface area contributed by atoms with Crippen LogP contribution in [0.4, 0.5) is 0 Å². The molecule has 0 aliphatic carbocycles. The summed E-state index contributed by atoms with van der Waals surface area (Å²) in [6, 6.07) is 7.27. The minimum atomic E-state index is -1.01. The Hall–Kier alpha value is -1.07. The van der Waals surface area contributed by atoms with Crippen molar-refractivity contribution >= 4 is 48.6 Å². The van der Waals surface area contributed by atoms with Crippen molar-refractivity contribution in [2.75, 3.05) is 7.11 Å². The van der Waals surface area contributed by atoms with E-state index in [0.717, 1.165) is 15.2 Å². The Morgan fingerprint density at radius 2 is 2.00 bits per heavy atom. The Balaban J connectivity index is 2.87. The number of carboxylic acid groups (broad SMARTS) is 1. The van der Waals surface area contributed by atoms with Gasteiger partial charge in [0.1, 0.15) is 11.3 Å². The zero-order chi connectivity index (χ0) is 12.6. The van der Waals surface area contributed by atoms with Gasteiger partial charge in [0.2, 0.25) is 0 Å². The van der Waals surface area contributed by atoms with Gasteiger partial charge < -0.3 is 9.84 Å². The number of ether oxygens (including phenoxy) is 1. The van der Waals surface area contributed by atoms with Gasteiger partial charge in [0.05, 0.1) is 11.6 Å². The van der Waals surface area contributed by atoms with Crippen molar-refractivity contribution in [2.45, 2.75) is 0 Å². The summed E-state index contributed by atoms with van der Waals surface area (Å²) in [4.78, 5) is 11.1. The first-order valence-electron chi connectivity index (χ1n) is 4.73. The van der Waals surface area contributed by atoms with Crippen LogP contribution >= 0.6 is 31.9 Å². The molecule has 0 radical (unpaired) electrons. The predicted molar refractivity (Wildman–Crippen MR) is 72.9 cm³/mol. The van der Waals surface area contributed by atoms with Crippen LogP contribution in [0.25, 0.3) is 10.8 Å². The first-order chi connectivity index (χ1) is 8.04. The minimum Gasteiger partial charge on any atom is -0.495 e. The molecule has 0 heterocycles. The van der Waals surface area contributed by atoms with Crippen molar-refractivity contribution in [3.05, 3.63) is 38.8 Å². The number of benzene rings is 2. The number of carbonyl (C=O) groups is 1. The number of rotatable bonds is 2. The van der Waals surface area contributed by atoms with Crippen molar-refractivity contribution in [3.8, 4) is 5.75 Å². The molecule has 2 rings (SSSR count). The zero-order valence-electron chi connectivity index (χ0n) is 8.83. The van der Waals surface area contributed by atoms with Gasteiger partial charge in [-0.25, -0.2) is 4.79 Å². The lowest BCUT2D eigenvalue weighted by Crippen LogP contribution is -2.01. The Morgan fingerprint density at radius 1 is 1.29 bits per heavy atom. The monoisotopic (exact) mass is 358 g/mol. The lowest BCUT2D eigenvalue weighted by atomic mass is 10.1. The molecule has 0 aromatic heterocycles. The van der Waals surface area contributed by atoms with Crippen LogP contribution in [0, 0.1) is 0 Å². The maximum Gasteiger partial charge on any atom is 0.339 e. The van der Waals surface area contributed by atoms with Crippen molar-refractivity contribution in [3.63, 3.8) is 0 Å². The largest absolute Gasteiger partial charge is 0.495 e. The summed E-state index contributed by atoms with van der Waals surface area (Å²) < 4.78 is 6.69. The van der Waals surface area contributed by atoms with E-state index in [9.17, 15) is 4.79 Å². The van der Waals surface area contributed by atoms with E-state index < -0.39 is 5.97 Å². The van der Waals surface area contributed by atoms with Gasteiger partial charge in [0.25, 0.3) is 0 Å². The van der Waals surface area contributed by atoms with E-state index in [1.807, 2.05) is 18.2 Å². The molecule has 0 spiro atoms. The minimum absolute atomic E-state index is 0.143. The summed E-state index contributed by atoms with van der Waals surface area (Å²) >= 11 is 6.74.